The van der Waals surface area contributed by atoms with Gasteiger partial charge < -0.3 is 10.5 Å². The van der Waals surface area contributed by atoms with Crippen LogP contribution in [0.2, 0.25) is 10.0 Å². The molecule has 2 aromatic rings. The number of benzene rings is 2. The summed E-state index contributed by atoms with van der Waals surface area (Å²) in [6, 6.07) is 10.8. The molecule has 0 bridgehead atoms. The SMILES string of the molecule is C[C@H](N)c1ccc(Oc2cccc(Cl)c2Cl)cc1Br. The number of hydrogen-bond acceptors (Lipinski definition) is 2. The van der Waals surface area contributed by atoms with Gasteiger partial charge in [-0.15, -0.1) is 0 Å². The molecule has 2 nitrogen and oxygen atoms in total. The van der Waals surface area contributed by atoms with E-state index in [9.17, 15) is 0 Å². The summed E-state index contributed by atoms with van der Waals surface area (Å²) in [5.74, 6) is 1.19. The second-order valence-corrected chi connectivity index (χ2v) is 5.77. The van der Waals surface area contributed by atoms with E-state index in [0.717, 1.165) is 10.0 Å². The van der Waals surface area contributed by atoms with Gasteiger partial charge in [0.1, 0.15) is 16.5 Å². The molecule has 100 valence electrons. The molecule has 0 heterocycles. The first-order valence-electron chi connectivity index (χ1n) is 5.66. The van der Waals surface area contributed by atoms with E-state index in [-0.39, 0.29) is 6.04 Å². The van der Waals surface area contributed by atoms with Gasteiger partial charge in [-0.3, -0.25) is 0 Å². The minimum absolute atomic E-state index is 0.0433. The third-order valence-corrected chi connectivity index (χ3v) is 4.09. The van der Waals surface area contributed by atoms with Crippen molar-refractivity contribution in [2.24, 2.45) is 5.73 Å². The molecule has 5 heteroatoms. The van der Waals surface area contributed by atoms with Gasteiger partial charge in [-0.05, 0) is 36.8 Å². The predicted molar refractivity (Wildman–Crippen MR) is 83.3 cm³/mol. The lowest BCUT2D eigenvalue weighted by molar-refractivity contribution is 0.482. The van der Waals surface area contributed by atoms with E-state index < -0.39 is 0 Å². The summed E-state index contributed by atoms with van der Waals surface area (Å²) in [6.45, 7) is 1.93. The molecule has 0 unspecified atom stereocenters. The maximum Gasteiger partial charge on any atom is 0.147 e. The Balaban J connectivity index is 2.29. The van der Waals surface area contributed by atoms with E-state index in [1.807, 2.05) is 25.1 Å². The van der Waals surface area contributed by atoms with Crippen molar-refractivity contribution in [1.29, 1.82) is 0 Å². The first-order valence-corrected chi connectivity index (χ1v) is 7.21. The first kappa shape index (κ1) is 14.7. The third-order valence-electron chi connectivity index (χ3n) is 2.61. The molecule has 1 atom stereocenters. The van der Waals surface area contributed by atoms with Crippen LogP contribution in [0.5, 0.6) is 11.5 Å². The van der Waals surface area contributed by atoms with Crippen LogP contribution in [0.25, 0.3) is 0 Å². The quantitative estimate of drug-likeness (QED) is 0.776. The van der Waals surface area contributed by atoms with Gasteiger partial charge in [0.15, 0.2) is 0 Å². The first-order chi connectivity index (χ1) is 8.99. The van der Waals surface area contributed by atoms with Crippen molar-refractivity contribution in [2.75, 3.05) is 0 Å². The summed E-state index contributed by atoms with van der Waals surface area (Å²) in [7, 11) is 0. The summed E-state index contributed by atoms with van der Waals surface area (Å²) < 4.78 is 6.62. The Hall–Kier alpha value is -0.740. The van der Waals surface area contributed by atoms with E-state index in [4.69, 9.17) is 33.7 Å². The van der Waals surface area contributed by atoms with Crippen LogP contribution in [0.15, 0.2) is 40.9 Å². The highest BCUT2D eigenvalue weighted by atomic mass is 79.9. The summed E-state index contributed by atoms with van der Waals surface area (Å²) in [4.78, 5) is 0. The van der Waals surface area contributed by atoms with E-state index >= 15 is 0 Å². The number of nitrogens with two attached hydrogens (primary N) is 1. The normalized spacial score (nSPS) is 12.3. The van der Waals surface area contributed by atoms with Gasteiger partial charge in [0.05, 0.1) is 5.02 Å². The summed E-state index contributed by atoms with van der Waals surface area (Å²) in [5.41, 5.74) is 6.87. The highest BCUT2D eigenvalue weighted by Crippen LogP contribution is 2.36. The zero-order valence-electron chi connectivity index (χ0n) is 10.2. The van der Waals surface area contributed by atoms with Crippen LogP contribution in [0.4, 0.5) is 0 Å². The van der Waals surface area contributed by atoms with Crippen LogP contribution >= 0.6 is 39.1 Å². The lowest BCUT2D eigenvalue weighted by atomic mass is 10.1. The van der Waals surface area contributed by atoms with E-state index in [2.05, 4.69) is 15.9 Å². The molecule has 19 heavy (non-hydrogen) atoms. The lowest BCUT2D eigenvalue weighted by Crippen LogP contribution is -2.05. The fraction of sp³-hybridized carbons (Fsp3) is 0.143. The van der Waals surface area contributed by atoms with Gasteiger partial charge in [-0.1, -0.05) is 51.3 Å². The largest absolute Gasteiger partial charge is 0.456 e. The van der Waals surface area contributed by atoms with Crippen molar-refractivity contribution in [3.8, 4) is 11.5 Å². The molecule has 0 radical (unpaired) electrons. The third kappa shape index (κ3) is 3.42. The van der Waals surface area contributed by atoms with Crippen molar-refractivity contribution in [2.45, 2.75) is 13.0 Å². The van der Waals surface area contributed by atoms with Gasteiger partial charge in [-0.2, -0.15) is 0 Å². The van der Waals surface area contributed by atoms with Gasteiger partial charge in [0.2, 0.25) is 0 Å². The zero-order valence-corrected chi connectivity index (χ0v) is 13.3. The van der Waals surface area contributed by atoms with Gasteiger partial charge in [0, 0.05) is 10.5 Å². The van der Waals surface area contributed by atoms with Crippen LogP contribution in [-0.4, -0.2) is 0 Å². The molecule has 0 aliphatic heterocycles. The zero-order chi connectivity index (χ0) is 14.0. The number of ether oxygens (including phenoxy) is 1. The molecule has 0 spiro atoms. The molecule has 2 N–H and O–H groups in total. The average molecular weight is 361 g/mol. The minimum Gasteiger partial charge on any atom is -0.456 e. The highest BCUT2D eigenvalue weighted by molar-refractivity contribution is 9.10. The van der Waals surface area contributed by atoms with Crippen molar-refractivity contribution in [3.05, 3.63) is 56.5 Å². The van der Waals surface area contributed by atoms with E-state index in [1.165, 1.54) is 0 Å². The second-order valence-electron chi connectivity index (χ2n) is 4.13. The van der Waals surface area contributed by atoms with Crippen molar-refractivity contribution in [1.82, 2.24) is 0 Å². The van der Waals surface area contributed by atoms with Crippen LogP contribution in [-0.2, 0) is 0 Å². The van der Waals surface area contributed by atoms with Gasteiger partial charge in [-0.25, -0.2) is 0 Å². The predicted octanol–water partition coefficient (Wildman–Crippen LogP) is 5.57. The van der Waals surface area contributed by atoms with E-state index in [1.54, 1.807) is 18.2 Å². The van der Waals surface area contributed by atoms with Crippen molar-refractivity contribution in [3.63, 3.8) is 0 Å². The molecule has 2 aromatic carbocycles. The molecule has 0 aromatic heterocycles. The summed E-state index contributed by atoms with van der Waals surface area (Å²) >= 11 is 15.5. The lowest BCUT2D eigenvalue weighted by Gasteiger charge is -2.12. The number of hydrogen-bond donors (Lipinski definition) is 1. The Labute approximate surface area is 130 Å². The van der Waals surface area contributed by atoms with Crippen LogP contribution in [0.1, 0.15) is 18.5 Å². The smallest absolute Gasteiger partial charge is 0.147 e. The molecule has 2 rings (SSSR count). The Kier molecular flexibility index (Phi) is 4.74. The molecular weight excluding hydrogens is 349 g/mol. The fourth-order valence-electron chi connectivity index (χ4n) is 1.63. The Morgan fingerprint density at radius 1 is 1.21 bits per heavy atom. The molecular formula is C14H12BrCl2NO. The molecule has 0 aliphatic rings. The Bertz CT molecular complexity index is 602. The van der Waals surface area contributed by atoms with Gasteiger partial charge >= 0.3 is 0 Å². The Morgan fingerprint density at radius 3 is 2.58 bits per heavy atom. The topological polar surface area (TPSA) is 35.2 Å². The maximum absolute atomic E-state index is 6.08. The van der Waals surface area contributed by atoms with Gasteiger partial charge in [0.25, 0.3) is 0 Å². The fourth-order valence-corrected chi connectivity index (χ4v) is 2.68. The van der Waals surface area contributed by atoms with Crippen LogP contribution in [0, 0.1) is 0 Å². The summed E-state index contributed by atoms with van der Waals surface area (Å²) in [5, 5.41) is 0.863. The number of rotatable bonds is 3. The molecule has 0 aliphatic carbocycles. The Morgan fingerprint density at radius 2 is 1.95 bits per heavy atom. The minimum atomic E-state index is -0.0433. The molecule has 0 fully saturated rings. The van der Waals surface area contributed by atoms with E-state index in [0.29, 0.717) is 21.5 Å². The van der Waals surface area contributed by atoms with Crippen molar-refractivity contribution >= 4 is 39.1 Å². The van der Waals surface area contributed by atoms with Crippen molar-refractivity contribution < 1.29 is 4.74 Å². The average Bonchev–Trinajstić information content (AvgIpc) is 2.34. The standard InChI is InChI=1S/C14H12BrCl2NO/c1-8(18)10-6-5-9(7-11(10)15)19-13-4-2-3-12(16)14(13)17/h2-8H,18H2,1H3/t8-/m0/s1. The maximum atomic E-state index is 6.08. The van der Waals surface area contributed by atoms with Crippen LogP contribution in [0.3, 0.4) is 0 Å². The molecule has 0 saturated heterocycles. The monoisotopic (exact) mass is 359 g/mol. The second kappa shape index (κ2) is 6.14. The summed E-state index contributed by atoms with van der Waals surface area (Å²) in [6.07, 6.45) is 0. The molecule has 0 amide bonds. The number of halogens is 3. The van der Waals surface area contributed by atoms with Crippen LogP contribution < -0.4 is 10.5 Å². The highest BCUT2D eigenvalue weighted by Gasteiger charge is 2.09. The molecule has 0 saturated carbocycles.